The predicted molar refractivity (Wildman–Crippen MR) is 71.6 cm³/mol. The summed E-state index contributed by atoms with van der Waals surface area (Å²) in [5.41, 5.74) is -0.909. The van der Waals surface area contributed by atoms with Crippen LogP contribution in [0.25, 0.3) is 0 Å². The largest absolute Gasteiger partial charge is 0.388 e. The molecule has 0 aliphatic carbocycles. The first kappa shape index (κ1) is 14.4. The van der Waals surface area contributed by atoms with Gasteiger partial charge in [-0.3, -0.25) is 4.79 Å². The minimum absolute atomic E-state index is 0.00867. The Kier molecular flexibility index (Phi) is 4.18. The number of amides is 1. The number of hydrogen-bond donors (Lipinski definition) is 3. The van der Waals surface area contributed by atoms with Crippen LogP contribution in [-0.4, -0.2) is 53.1 Å². The minimum atomic E-state index is -0.909. The van der Waals surface area contributed by atoms with Gasteiger partial charge in [0.2, 0.25) is 5.89 Å². The first-order chi connectivity index (χ1) is 10.2. The minimum Gasteiger partial charge on any atom is -0.388 e. The standard InChI is InChI=1S/C13H20N4O4/c18-11(15-8-13(19)3-6-20-7-4-13)10-16-12(21-17-10)9-2-1-5-14-9/h9,14,19H,1-8H2,(H,15,18). The number of nitrogens with zero attached hydrogens (tertiary/aromatic N) is 2. The first-order valence-electron chi connectivity index (χ1n) is 7.32. The summed E-state index contributed by atoms with van der Waals surface area (Å²) in [7, 11) is 0. The van der Waals surface area contributed by atoms with Crippen molar-refractivity contribution in [3.63, 3.8) is 0 Å². The van der Waals surface area contributed by atoms with Crippen LogP contribution in [0.3, 0.4) is 0 Å². The van der Waals surface area contributed by atoms with E-state index in [4.69, 9.17) is 9.26 Å². The lowest BCUT2D eigenvalue weighted by atomic mass is 9.94. The number of rotatable bonds is 4. The van der Waals surface area contributed by atoms with Gasteiger partial charge in [0.15, 0.2) is 0 Å². The fourth-order valence-electron chi connectivity index (χ4n) is 2.62. The van der Waals surface area contributed by atoms with Crippen LogP contribution >= 0.6 is 0 Å². The van der Waals surface area contributed by atoms with Gasteiger partial charge >= 0.3 is 0 Å². The van der Waals surface area contributed by atoms with Crippen LogP contribution in [-0.2, 0) is 4.74 Å². The van der Waals surface area contributed by atoms with Crippen molar-refractivity contribution in [2.24, 2.45) is 0 Å². The molecule has 3 N–H and O–H groups in total. The van der Waals surface area contributed by atoms with Gasteiger partial charge in [0.1, 0.15) is 0 Å². The number of carbonyl (C=O) groups excluding carboxylic acids is 1. The molecule has 2 fully saturated rings. The average Bonchev–Trinajstić information content (AvgIpc) is 3.16. The fourth-order valence-corrected chi connectivity index (χ4v) is 2.62. The summed E-state index contributed by atoms with van der Waals surface area (Å²) >= 11 is 0. The zero-order chi connectivity index (χ0) is 14.7. The summed E-state index contributed by atoms with van der Waals surface area (Å²) in [6.45, 7) is 2.10. The molecule has 21 heavy (non-hydrogen) atoms. The summed E-state index contributed by atoms with van der Waals surface area (Å²) < 4.78 is 10.3. The molecule has 0 bridgehead atoms. The van der Waals surface area contributed by atoms with Crippen molar-refractivity contribution in [2.45, 2.75) is 37.3 Å². The highest BCUT2D eigenvalue weighted by atomic mass is 16.5. The second-order valence-electron chi connectivity index (χ2n) is 5.62. The van der Waals surface area contributed by atoms with Crippen LogP contribution < -0.4 is 10.6 Å². The maximum atomic E-state index is 12.0. The molecule has 2 saturated heterocycles. The number of carbonyl (C=O) groups is 1. The van der Waals surface area contributed by atoms with Crippen LogP contribution in [0.1, 0.15) is 48.2 Å². The molecule has 1 atom stereocenters. The number of aromatic nitrogens is 2. The number of ether oxygens (including phenoxy) is 1. The zero-order valence-electron chi connectivity index (χ0n) is 11.8. The topological polar surface area (TPSA) is 110 Å². The zero-order valence-corrected chi connectivity index (χ0v) is 11.8. The van der Waals surface area contributed by atoms with Crippen molar-refractivity contribution in [3.05, 3.63) is 11.7 Å². The molecule has 8 nitrogen and oxygen atoms in total. The molecule has 1 unspecified atom stereocenters. The molecule has 0 aromatic carbocycles. The molecule has 3 heterocycles. The Morgan fingerprint density at radius 2 is 2.29 bits per heavy atom. The van der Waals surface area contributed by atoms with Gasteiger partial charge in [-0.25, -0.2) is 0 Å². The second-order valence-corrected chi connectivity index (χ2v) is 5.62. The van der Waals surface area contributed by atoms with E-state index >= 15 is 0 Å². The Morgan fingerprint density at radius 3 is 3.00 bits per heavy atom. The van der Waals surface area contributed by atoms with Gasteiger partial charge in [-0.1, -0.05) is 5.16 Å². The third-order valence-corrected chi connectivity index (χ3v) is 4.00. The van der Waals surface area contributed by atoms with Crippen LogP contribution in [0, 0.1) is 0 Å². The molecule has 0 spiro atoms. The molecule has 8 heteroatoms. The number of nitrogens with one attached hydrogen (secondary N) is 2. The summed E-state index contributed by atoms with van der Waals surface area (Å²) in [4.78, 5) is 16.1. The lowest BCUT2D eigenvalue weighted by Gasteiger charge is -2.31. The molecule has 2 aliphatic heterocycles. The van der Waals surface area contributed by atoms with Gasteiger partial charge in [0, 0.05) is 32.6 Å². The highest BCUT2D eigenvalue weighted by molar-refractivity contribution is 5.90. The Bertz CT molecular complexity index is 492. The Balaban J connectivity index is 1.55. The molecule has 1 amide bonds. The first-order valence-corrected chi connectivity index (χ1v) is 7.32. The molecule has 0 radical (unpaired) electrons. The van der Waals surface area contributed by atoms with Crippen molar-refractivity contribution >= 4 is 5.91 Å². The molecule has 116 valence electrons. The molecular weight excluding hydrogens is 276 g/mol. The number of aliphatic hydroxyl groups is 1. The Labute approximate surface area is 122 Å². The third-order valence-electron chi connectivity index (χ3n) is 4.00. The van der Waals surface area contributed by atoms with E-state index in [0.29, 0.717) is 31.9 Å². The van der Waals surface area contributed by atoms with E-state index in [2.05, 4.69) is 20.8 Å². The van der Waals surface area contributed by atoms with E-state index in [0.717, 1.165) is 19.4 Å². The van der Waals surface area contributed by atoms with Crippen LogP contribution in [0.4, 0.5) is 0 Å². The van der Waals surface area contributed by atoms with Crippen molar-refractivity contribution in [1.82, 2.24) is 20.8 Å². The average molecular weight is 296 g/mol. The quantitative estimate of drug-likeness (QED) is 0.703. The van der Waals surface area contributed by atoms with Crippen molar-refractivity contribution in [1.29, 1.82) is 0 Å². The van der Waals surface area contributed by atoms with E-state index < -0.39 is 11.5 Å². The van der Waals surface area contributed by atoms with Gasteiger partial charge < -0.3 is 25.0 Å². The van der Waals surface area contributed by atoms with E-state index in [1.807, 2.05) is 0 Å². The maximum Gasteiger partial charge on any atom is 0.292 e. The summed E-state index contributed by atoms with van der Waals surface area (Å²) in [6.07, 6.45) is 3.01. The lowest BCUT2D eigenvalue weighted by Crippen LogP contribution is -2.46. The van der Waals surface area contributed by atoms with E-state index in [9.17, 15) is 9.90 Å². The number of hydrogen-bond acceptors (Lipinski definition) is 7. The molecule has 3 rings (SSSR count). The highest BCUT2D eigenvalue weighted by Crippen LogP contribution is 2.21. The van der Waals surface area contributed by atoms with Crippen molar-refractivity contribution in [3.8, 4) is 0 Å². The third kappa shape index (κ3) is 3.39. The normalized spacial score (nSPS) is 24.9. The van der Waals surface area contributed by atoms with Gasteiger partial charge in [-0.05, 0) is 19.4 Å². The lowest BCUT2D eigenvalue weighted by molar-refractivity contribution is -0.0605. The SMILES string of the molecule is O=C(NCC1(O)CCOCC1)c1noc(C2CCCN2)n1. The van der Waals surface area contributed by atoms with Crippen LogP contribution in [0.15, 0.2) is 4.52 Å². The van der Waals surface area contributed by atoms with E-state index in [-0.39, 0.29) is 18.4 Å². The molecule has 1 aromatic rings. The maximum absolute atomic E-state index is 12.0. The molecule has 1 aromatic heterocycles. The summed E-state index contributed by atoms with van der Waals surface area (Å²) in [5, 5.41) is 19.9. The van der Waals surface area contributed by atoms with Gasteiger partial charge in [-0.15, -0.1) is 0 Å². The fraction of sp³-hybridized carbons (Fsp3) is 0.769. The highest BCUT2D eigenvalue weighted by Gasteiger charge is 2.31. The second kappa shape index (κ2) is 6.08. The van der Waals surface area contributed by atoms with Gasteiger partial charge in [-0.2, -0.15) is 4.98 Å². The van der Waals surface area contributed by atoms with Crippen molar-refractivity contribution in [2.75, 3.05) is 26.3 Å². The van der Waals surface area contributed by atoms with Crippen LogP contribution in [0.5, 0.6) is 0 Å². The Hall–Kier alpha value is -1.51. The Morgan fingerprint density at radius 1 is 1.48 bits per heavy atom. The van der Waals surface area contributed by atoms with Crippen LogP contribution in [0.2, 0.25) is 0 Å². The summed E-state index contributed by atoms with van der Waals surface area (Å²) in [5.74, 6) is 0.0275. The van der Waals surface area contributed by atoms with E-state index in [1.165, 1.54) is 0 Å². The summed E-state index contributed by atoms with van der Waals surface area (Å²) in [6, 6.07) is 0.0405. The van der Waals surface area contributed by atoms with Crippen molar-refractivity contribution < 1.29 is 19.2 Å². The van der Waals surface area contributed by atoms with E-state index in [1.54, 1.807) is 0 Å². The molecular formula is C13H20N4O4. The smallest absolute Gasteiger partial charge is 0.292 e. The van der Waals surface area contributed by atoms with Gasteiger partial charge in [0.25, 0.3) is 11.7 Å². The monoisotopic (exact) mass is 296 g/mol. The predicted octanol–water partition coefficient (Wildman–Crippen LogP) is -0.235. The molecule has 0 saturated carbocycles. The molecule has 2 aliphatic rings. The van der Waals surface area contributed by atoms with Gasteiger partial charge in [0.05, 0.1) is 11.6 Å².